The maximum absolute atomic E-state index is 11.0. The molecule has 0 aliphatic heterocycles. The first-order valence-corrected chi connectivity index (χ1v) is 4.73. The van der Waals surface area contributed by atoms with Crippen LogP contribution in [-0.2, 0) is 0 Å². The van der Waals surface area contributed by atoms with Gasteiger partial charge >= 0.3 is 5.97 Å². The molecule has 16 heavy (non-hydrogen) atoms. The largest absolute Gasteiger partial charge is 0.477 e. The Bertz CT molecular complexity index is 552. The summed E-state index contributed by atoms with van der Waals surface area (Å²) in [5.74, 6) is -1.15. The number of hydrogen-bond acceptors (Lipinski definition) is 4. The second-order valence-electron chi connectivity index (χ2n) is 3.11. The maximum atomic E-state index is 11.0. The minimum atomic E-state index is -1.15. The minimum Gasteiger partial charge on any atom is -0.477 e. The minimum absolute atomic E-state index is 0.0150. The Morgan fingerprint density at radius 3 is 2.88 bits per heavy atom. The fourth-order valence-electron chi connectivity index (χ4n) is 1.29. The lowest BCUT2D eigenvalue weighted by molar-refractivity contribution is 0.0698. The number of carboxylic acids is 1. The first kappa shape index (κ1) is 10.6. The molecule has 82 valence electrons. The zero-order valence-corrected chi connectivity index (χ0v) is 8.99. The van der Waals surface area contributed by atoms with Crippen LogP contribution in [0.15, 0.2) is 12.4 Å². The van der Waals surface area contributed by atoms with Crippen LogP contribution in [0.4, 0.5) is 0 Å². The Kier molecular flexibility index (Phi) is 2.57. The van der Waals surface area contributed by atoms with E-state index < -0.39 is 5.97 Å². The monoisotopic (exact) mass is 238 g/mol. The second-order valence-corrected chi connectivity index (χ2v) is 3.49. The zero-order valence-electron chi connectivity index (χ0n) is 8.23. The summed E-state index contributed by atoms with van der Waals surface area (Å²) in [5.41, 5.74) is 1.27. The molecule has 6 nitrogen and oxygen atoms in total. The molecule has 0 amide bonds. The molecule has 0 aliphatic carbocycles. The van der Waals surface area contributed by atoms with E-state index in [1.54, 1.807) is 13.0 Å². The molecule has 0 aliphatic rings. The van der Waals surface area contributed by atoms with E-state index in [-0.39, 0.29) is 16.4 Å². The molecule has 0 aromatic carbocycles. The van der Waals surface area contributed by atoms with E-state index in [1.807, 2.05) is 0 Å². The molecule has 2 N–H and O–H groups in total. The number of aromatic nitrogens is 4. The quantitative estimate of drug-likeness (QED) is 0.828. The SMILES string of the molecule is Cc1cc(-c2n[nH]c(Cl)c2C(=O)O)ncn1. The van der Waals surface area contributed by atoms with Crippen molar-refractivity contribution in [3.05, 3.63) is 28.8 Å². The third-order valence-electron chi connectivity index (χ3n) is 1.98. The Morgan fingerprint density at radius 2 is 2.25 bits per heavy atom. The first-order valence-electron chi connectivity index (χ1n) is 4.35. The first-order chi connectivity index (χ1) is 7.59. The fourth-order valence-corrected chi connectivity index (χ4v) is 1.50. The summed E-state index contributed by atoms with van der Waals surface area (Å²) in [5, 5.41) is 15.2. The molecule has 0 fully saturated rings. The molecule has 2 aromatic rings. The third kappa shape index (κ3) is 1.74. The Morgan fingerprint density at radius 1 is 1.50 bits per heavy atom. The molecule has 0 spiro atoms. The van der Waals surface area contributed by atoms with E-state index in [4.69, 9.17) is 16.7 Å². The van der Waals surface area contributed by atoms with E-state index in [9.17, 15) is 4.79 Å². The van der Waals surface area contributed by atoms with Crippen LogP contribution in [0.25, 0.3) is 11.4 Å². The standard InChI is InChI=1S/C9H7ClN4O2/c1-4-2-5(12-3-11-4)7-6(9(15)16)8(10)14-13-7/h2-3H,1H3,(H,13,14)(H,15,16). The van der Waals surface area contributed by atoms with Crippen molar-refractivity contribution in [3.63, 3.8) is 0 Å². The molecule has 0 saturated carbocycles. The molecular weight excluding hydrogens is 232 g/mol. The number of hydrogen-bond donors (Lipinski definition) is 2. The molecule has 2 rings (SSSR count). The van der Waals surface area contributed by atoms with E-state index in [2.05, 4.69) is 20.2 Å². The van der Waals surface area contributed by atoms with E-state index in [0.717, 1.165) is 5.69 Å². The van der Waals surface area contributed by atoms with Gasteiger partial charge in [-0.2, -0.15) is 5.10 Å². The predicted molar refractivity (Wildman–Crippen MR) is 56.3 cm³/mol. The van der Waals surface area contributed by atoms with Crippen LogP contribution in [0.5, 0.6) is 0 Å². The van der Waals surface area contributed by atoms with Crippen molar-refractivity contribution in [3.8, 4) is 11.4 Å². The van der Waals surface area contributed by atoms with Gasteiger partial charge in [0.2, 0.25) is 0 Å². The van der Waals surface area contributed by atoms with Gasteiger partial charge in [0.15, 0.2) is 0 Å². The summed E-state index contributed by atoms with van der Waals surface area (Å²) < 4.78 is 0. The average molecular weight is 239 g/mol. The van der Waals surface area contributed by atoms with E-state index in [0.29, 0.717) is 5.69 Å². The van der Waals surface area contributed by atoms with Crippen molar-refractivity contribution in [2.75, 3.05) is 0 Å². The van der Waals surface area contributed by atoms with Gasteiger partial charge in [-0.3, -0.25) is 5.10 Å². The molecular formula is C9H7ClN4O2. The van der Waals surface area contributed by atoms with Crippen LogP contribution in [0.1, 0.15) is 16.1 Å². The number of aromatic amines is 1. The number of nitrogens with zero attached hydrogens (tertiary/aromatic N) is 3. The highest BCUT2D eigenvalue weighted by atomic mass is 35.5. The predicted octanol–water partition coefficient (Wildman–Crippen LogP) is 1.53. The number of carboxylic acid groups (broad SMARTS) is 1. The average Bonchev–Trinajstić information content (AvgIpc) is 2.60. The Labute approximate surface area is 95.3 Å². The number of halogens is 1. The Balaban J connectivity index is 2.60. The molecule has 7 heteroatoms. The molecule has 0 radical (unpaired) electrons. The van der Waals surface area contributed by atoms with Gasteiger partial charge in [0, 0.05) is 5.69 Å². The number of H-pyrrole nitrogens is 1. The highest BCUT2D eigenvalue weighted by molar-refractivity contribution is 6.33. The van der Waals surface area contributed by atoms with Gasteiger partial charge in [0.25, 0.3) is 0 Å². The van der Waals surface area contributed by atoms with Crippen LogP contribution in [0.3, 0.4) is 0 Å². The topological polar surface area (TPSA) is 91.8 Å². The van der Waals surface area contributed by atoms with E-state index >= 15 is 0 Å². The number of rotatable bonds is 2. The number of aryl methyl sites for hydroxylation is 1. The van der Waals surface area contributed by atoms with Gasteiger partial charge in [0.05, 0.1) is 5.69 Å². The van der Waals surface area contributed by atoms with E-state index in [1.165, 1.54) is 6.33 Å². The molecule has 2 aromatic heterocycles. The fraction of sp³-hybridized carbons (Fsp3) is 0.111. The zero-order chi connectivity index (χ0) is 11.7. The van der Waals surface area contributed by atoms with Crippen LogP contribution >= 0.6 is 11.6 Å². The lowest BCUT2D eigenvalue weighted by Gasteiger charge is -1.98. The molecule has 2 heterocycles. The number of carbonyl (C=O) groups is 1. The highest BCUT2D eigenvalue weighted by Gasteiger charge is 2.20. The van der Waals surface area contributed by atoms with Crippen molar-refractivity contribution >= 4 is 17.6 Å². The van der Waals surface area contributed by atoms with Gasteiger partial charge < -0.3 is 5.11 Å². The summed E-state index contributed by atoms with van der Waals surface area (Å²) in [6.07, 6.45) is 1.35. The molecule has 0 atom stereocenters. The van der Waals surface area contributed by atoms with Crippen LogP contribution in [0.2, 0.25) is 5.15 Å². The normalized spacial score (nSPS) is 10.4. The van der Waals surface area contributed by atoms with Crippen molar-refractivity contribution < 1.29 is 9.90 Å². The highest BCUT2D eigenvalue weighted by Crippen LogP contribution is 2.24. The van der Waals surface area contributed by atoms with Crippen molar-refractivity contribution in [2.24, 2.45) is 0 Å². The summed E-state index contributed by atoms with van der Waals surface area (Å²) >= 11 is 5.69. The second kappa shape index (κ2) is 3.90. The molecule has 0 unspecified atom stereocenters. The van der Waals surface area contributed by atoms with Gasteiger partial charge in [-0.1, -0.05) is 11.6 Å². The third-order valence-corrected chi connectivity index (χ3v) is 2.26. The van der Waals surface area contributed by atoms with Gasteiger partial charge in [-0.25, -0.2) is 14.8 Å². The summed E-state index contributed by atoms with van der Waals surface area (Å²) in [7, 11) is 0. The van der Waals surface area contributed by atoms with Crippen LogP contribution in [-0.4, -0.2) is 31.2 Å². The van der Waals surface area contributed by atoms with Crippen molar-refractivity contribution in [2.45, 2.75) is 6.92 Å². The van der Waals surface area contributed by atoms with Gasteiger partial charge in [-0.05, 0) is 13.0 Å². The lowest BCUT2D eigenvalue weighted by atomic mass is 10.2. The van der Waals surface area contributed by atoms with Crippen molar-refractivity contribution in [1.82, 2.24) is 20.2 Å². The Hall–Kier alpha value is -1.95. The summed E-state index contributed by atoms with van der Waals surface area (Å²) in [6.45, 7) is 1.78. The summed E-state index contributed by atoms with van der Waals surface area (Å²) in [4.78, 5) is 18.8. The van der Waals surface area contributed by atoms with Crippen LogP contribution < -0.4 is 0 Å². The van der Waals surface area contributed by atoms with Gasteiger partial charge in [-0.15, -0.1) is 0 Å². The molecule has 0 bridgehead atoms. The number of nitrogens with one attached hydrogen (secondary N) is 1. The maximum Gasteiger partial charge on any atom is 0.341 e. The smallest absolute Gasteiger partial charge is 0.341 e. The number of aromatic carboxylic acids is 1. The lowest BCUT2D eigenvalue weighted by Crippen LogP contribution is -1.99. The van der Waals surface area contributed by atoms with Crippen LogP contribution in [0, 0.1) is 6.92 Å². The van der Waals surface area contributed by atoms with Gasteiger partial charge in [0.1, 0.15) is 22.7 Å². The summed E-state index contributed by atoms with van der Waals surface area (Å²) in [6, 6.07) is 1.64. The molecule has 0 saturated heterocycles. The van der Waals surface area contributed by atoms with Crippen molar-refractivity contribution in [1.29, 1.82) is 0 Å².